The minimum atomic E-state index is -3.30. The second kappa shape index (κ2) is 8.32. The number of anilines is 2. The van der Waals surface area contributed by atoms with Crippen LogP contribution in [0.2, 0.25) is 0 Å². The van der Waals surface area contributed by atoms with Gasteiger partial charge in [-0.2, -0.15) is 0 Å². The third-order valence-corrected chi connectivity index (χ3v) is 7.56. The van der Waals surface area contributed by atoms with E-state index >= 15 is 0 Å². The molecule has 31 heavy (non-hydrogen) atoms. The number of imidazole rings is 1. The molecule has 0 amide bonds. The largest absolute Gasteiger partial charge is 0.354 e. The van der Waals surface area contributed by atoms with Crippen LogP contribution in [0.3, 0.4) is 0 Å². The van der Waals surface area contributed by atoms with Gasteiger partial charge in [-0.15, -0.1) is 0 Å². The second-order valence-electron chi connectivity index (χ2n) is 8.10. The SMILES string of the molecule is O=S(=O)(Nc1cccc(N2CCN(Cc3cn(-c4ccccc4)cn3)CC2)n1)C1CC1. The lowest BCUT2D eigenvalue weighted by molar-refractivity contribution is 0.247. The van der Waals surface area contributed by atoms with Crippen LogP contribution in [0.15, 0.2) is 61.1 Å². The van der Waals surface area contributed by atoms with E-state index in [0.717, 1.165) is 62.8 Å². The topological polar surface area (TPSA) is 83.4 Å². The van der Waals surface area contributed by atoms with Gasteiger partial charge in [0.2, 0.25) is 10.0 Å². The Hall–Kier alpha value is -2.91. The molecule has 8 nitrogen and oxygen atoms in total. The van der Waals surface area contributed by atoms with Crippen LogP contribution in [-0.4, -0.2) is 59.3 Å². The van der Waals surface area contributed by atoms with Crippen LogP contribution in [0.25, 0.3) is 5.69 Å². The van der Waals surface area contributed by atoms with Crippen molar-refractivity contribution in [3.05, 3.63) is 66.7 Å². The van der Waals surface area contributed by atoms with E-state index in [2.05, 4.69) is 42.8 Å². The van der Waals surface area contributed by atoms with E-state index in [-0.39, 0.29) is 5.25 Å². The van der Waals surface area contributed by atoms with E-state index in [0.29, 0.717) is 5.82 Å². The van der Waals surface area contributed by atoms with Gasteiger partial charge in [-0.1, -0.05) is 24.3 Å². The van der Waals surface area contributed by atoms with Crippen molar-refractivity contribution in [2.75, 3.05) is 35.8 Å². The first-order chi connectivity index (χ1) is 15.1. The molecule has 1 N–H and O–H groups in total. The molecule has 162 valence electrons. The molecule has 1 saturated heterocycles. The van der Waals surface area contributed by atoms with Crippen molar-refractivity contribution in [1.82, 2.24) is 19.4 Å². The van der Waals surface area contributed by atoms with E-state index in [9.17, 15) is 8.42 Å². The minimum Gasteiger partial charge on any atom is -0.354 e. The van der Waals surface area contributed by atoms with E-state index in [4.69, 9.17) is 0 Å². The summed E-state index contributed by atoms with van der Waals surface area (Å²) in [4.78, 5) is 13.7. The van der Waals surface area contributed by atoms with Gasteiger partial charge in [0.05, 0.1) is 17.3 Å². The van der Waals surface area contributed by atoms with Crippen molar-refractivity contribution in [3.8, 4) is 5.69 Å². The van der Waals surface area contributed by atoms with Gasteiger partial charge in [-0.25, -0.2) is 18.4 Å². The number of rotatable bonds is 7. The molecule has 0 bridgehead atoms. The van der Waals surface area contributed by atoms with Gasteiger partial charge in [-0.3, -0.25) is 9.62 Å². The molecule has 9 heteroatoms. The standard InChI is InChI=1S/C22H26N6O2S/c29-31(30,20-9-10-20)25-21-7-4-8-22(24-21)27-13-11-26(12-14-27)15-18-16-28(17-23-18)19-5-2-1-3-6-19/h1-8,16-17,20H,9-15H2,(H,24,25). The van der Waals surface area contributed by atoms with Crippen LogP contribution in [0.5, 0.6) is 0 Å². The van der Waals surface area contributed by atoms with Crippen molar-refractivity contribution in [3.63, 3.8) is 0 Å². The fourth-order valence-electron chi connectivity index (χ4n) is 3.81. The molecule has 2 aliphatic rings. The Morgan fingerprint density at radius 2 is 1.74 bits per heavy atom. The maximum absolute atomic E-state index is 12.2. The first-order valence-electron chi connectivity index (χ1n) is 10.6. The van der Waals surface area contributed by atoms with Crippen molar-refractivity contribution in [2.45, 2.75) is 24.6 Å². The van der Waals surface area contributed by atoms with Crippen LogP contribution in [0.4, 0.5) is 11.6 Å². The number of nitrogens with one attached hydrogen (secondary N) is 1. The summed E-state index contributed by atoms with van der Waals surface area (Å²) in [5, 5.41) is -0.258. The lowest BCUT2D eigenvalue weighted by Crippen LogP contribution is -2.46. The number of para-hydroxylation sites is 1. The Labute approximate surface area is 182 Å². The summed E-state index contributed by atoms with van der Waals surface area (Å²) >= 11 is 0. The number of pyridine rings is 1. The lowest BCUT2D eigenvalue weighted by atomic mass is 10.3. The number of piperazine rings is 1. The molecular weight excluding hydrogens is 412 g/mol. The number of benzene rings is 1. The van der Waals surface area contributed by atoms with Gasteiger partial charge in [0.25, 0.3) is 0 Å². The van der Waals surface area contributed by atoms with Crippen molar-refractivity contribution < 1.29 is 8.42 Å². The van der Waals surface area contributed by atoms with E-state index in [1.807, 2.05) is 41.2 Å². The number of hydrogen-bond acceptors (Lipinski definition) is 6. The highest BCUT2D eigenvalue weighted by Crippen LogP contribution is 2.29. The second-order valence-corrected chi connectivity index (χ2v) is 10.1. The van der Waals surface area contributed by atoms with Crippen LogP contribution in [0, 0.1) is 0 Å². The van der Waals surface area contributed by atoms with Crippen LogP contribution >= 0.6 is 0 Å². The summed E-state index contributed by atoms with van der Waals surface area (Å²) in [6, 6.07) is 15.7. The molecule has 5 rings (SSSR count). The van der Waals surface area contributed by atoms with Gasteiger partial charge in [0.1, 0.15) is 11.6 Å². The van der Waals surface area contributed by atoms with Gasteiger partial charge in [0.15, 0.2) is 0 Å². The summed E-state index contributed by atoms with van der Waals surface area (Å²) in [6.07, 6.45) is 5.42. The number of hydrogen-bond donors (Lipinski definition) is 1. The first-order valence-corrected chi connectivity index (χ1v) is 12.2. The average molecular weight is 439 g/mol. The number of aromatic nitrogens is 3. The quantitative estimate of drug-likeness (QED) is 0.610. The van der Waals surface area contributed by atoms with Crippen molar-refractivity contribution in [2.24, 2.45) is 0 Å². The molecule has 0 radical (unpaired) electrons. The average Bonchev–Trinajstić information content (AvgIpc) is 3.56. The molecule has 0 unspecified atom stereocenters. The maximum Gasteiger partial charge on any atom is 0.236 e. The molecule has 0 spiro atoms. The number of nitrogens with zero attached hydrogens (tertiary/aromatic N) is 5. The predicted molar refractivity (Wildman–Crippen MR) is 121 cm³/mol. The summed E-state index contributed by atoms with van der Waals surface area (Å²) in [6.45, 7) is 4.29. The van der Waals surface area contributed by atoms with E-state index in [1.165, 1.54) is 0 Å². The first kappa shape index (κ1) is 20.0. The molecular formula is C22H26N6O2S. The third kappa shape index (κ3) is 4.72. The summed E-state index contributed by atoms with van der Waals surface area (Å²) < 4.78 is 29.0. The third-order valence-electron chi connectivity index (χ3n) is 5.72. The fraction of sp³-hybridized carbons (Fsp3) is 0.364. The van der Waals surface area contributed by atoms with Crippen LogP contribution < -0.4 is 9.62 Å². The highest BCUT2D eigenvalue weighted by atomic mass is 32.2. The maximum atomic E-state index is 12.2. The van der Waals surface area contributed by atoms with Gasteiger partial charge in [-0.05, 0) is 37.1 Å². The zero-order valence-electron chi connectivity index (χ0n) is 17.3. The monoisotopic (exact) mass is 438 g/mol. The van der Waals surface area contributed by atoms with Crippen LogP contribution in [-0.2, 0) is 16.6 Å². The van der Waals surface area contributed by atoms with Crippen molar-refractivity contribution >= 4 is 21.7 Å². The smallest absolute Gasteiger partial charge is 0.236 e. The van der Waals surface area contributed by atoms with Gasteiger partial charge in [0, 0.05) is 44.6 Å². The molecule has 3 heterocycles. The Balaban J connectivity index is 1.17. The Morgan fingerprint density at radius 3 is 2.48 bits per heavy atom. The molecule has 3 aromatic rings. The predicted octanol–water partition coefficient (Wildman–Crippen LogP) is 2.49. The molecule has 0 atom stereocenters. The normalized spacial score (nSPS) is 17.6. The highest BCUT2D eigenvalue weighted by molar-refractivity contribution is 7.93. The zero-order valence-corrected chi connectivity index (χ0v) is 18.1. The number of sulfonamides is 1. The van der Waals surface area contributed by atoms with Crippen LogP contribution in [0.1, 0.15) is 18.5 Å². The fourth-order valence-corrected chi connectivity index (χ4v) is 5.14. The minimum absolute atomic E-state index is 0.258. The molecule has 2 fully saturated rings. The van der Waals surface area contributed by atoms with E-state index in [1.54, 1.807) is 6.07 Å². The summed E-state index contributed by atoms with van der Waals surface area (Å²) in [5.74, 6) is 1.21. The summed E-state index contributed by atoms with van der Waals surface area (Å²) in [5.41, 5.74) is 2.15. The zero-order chi connectivity index (χ0) is 21.3. The van der Waals surface area contributed by atoms with Crippen molar-refractivity contribution in [1.29, 1.82) is 0 Å². The molecule has 2 aromatic heterocycles. The molecule has 1 aromatic carbocycles. The van der Waals surface area contributed by atoms with E-state index < -0.39 is 10.0 Å². The Morgan fingerprint density at radius 1 is 0.968 bits per heavy atom. The molecule has 1 saturated carbocycles. The summed E-state index contributed by atoms with van der Waals surface area (Å²) in [7, 11) is -3.30. The van der Waals surface area contributed by atoms with Gasteiger partial charge >= 0.3 is 0 Å². The lowest BCUT2D eigenvalue weighted by Gasteiger charge is -2.35. The molecule has 1 aliphatic carbocycles. The Bertz CT molecular complexity index is 1140. The Kier molecular flexibility index (Phi) is 5.37. The molecule has 1 aliphatic heterocycles. The van der Waals surface area contributed by atoms with Gasteiger partial charge < -0.3 is 9.47 Å². The highest BCUT2D eigenvalue weighted by Gasteiger charge is 2.36.